The van der Waals surface area contributed by atoms with Gasteiger partial charge in [0, 0.05) is 32.4 Å². The monoisotopic (exact) mass is 389 g/mol. The van der Waals surface area contributed by atoms with Gasteiger partial charge in [0.05, 0.1) is 12.2 Å². The Balaban J connectivity index is 1.68. The van der Waals surface area contributed by atoms with Crippen LogP contribution >= 0.6 is 0 Å². The number of nitrogens with zero attached hydrogens (tertiary/aromatic N) is 3. The first-order chi connectivity index (χ1) is 13.5. The number of benzene rings is 1. The van der Waals surface area contributed by atoms with Gasteiger partial charge in [-0.25, -0.2) is 18.6 Å². The highest BCUT2D eigenvalue weighted by Crippen LogP contribution is 2.18. The van der Waals surface area contributed by atoms with Crippen LogP contribution in [0.3, 0.4) is 0 Å². The average molecular weight is 389 g/mol. The first-order valence-corrected chi connectivity index (χ1v) is 9.12. The maximum Gasteiger partial charge on any atom is 0.339 e. The lowest BCUT2D eigenvalue weighted by Gasteiger charge is -2.23. The number of carbonyl (C=O) groups is 2. The summed E-state index contributed by atoms with van der Waals surface area (Å²) in [5.74, 6) is -2.13. The molecule has 28 heavy (non-hydrogen) atoms. The molecule has 1 saturated heterocycles. The van der Waals surface area contributed by atoms with E-state index in [1.54, 1.807) is 19.1 Å². The SMILES string of the molecule is CCOC(=O)c1ccc(N2CCCN(C(=O)c3c(F)cccc3F)CC2)nc1. The maximum absolute atomic E-state index is 13.9. The molecule has 0 aliphatic carbocycles. The third-order valence-electron chi connectivity index (χ3n) is 4.54. The first-order valence-electron chi connectivity index (χ1n) is 9.12. The van der Waals surface area contributed by atoms with Crippen molar-refractivity contribution in [1.29, 1.82) is 0 Å². The van der Waals surface area contributed by atoms with Crippen LogP contribution < -0.4 is 4.90 Å². The predicted octanol–water partition coefficient (Wildman–Crippen LogP) is 2.89. The molecule has 8 heteroatoms. The van der Waals surface area contributed by atoms with Gasteiger partial charge < -0.3 is 14.5 Å². The number of esters is 1. The van der Waals surface area contributed by atoms with E-state index in [1.807, 2.05) is 4.90 Å². The van der Waals surface area contributed by atoms with Gasteiger partial charge in [-0.1, -0.05) is 6.07 Å². The van der Waals surface area contributed by atoms with E-state index in [2.05, 4.69) is 4.98 Å². The summed E-state index contributed by atoms with van der Waals surface area (Å²) < 4.78 is 32.8. The molecule has 0 atom stereocenters. The number of ether oxygens (including phenoxy) is 1. The fourth-order valence-corrected chi connectivity index (χ4v) is 3.12. The largest absolute Gasteiger partial charge is 0.462 e. The number of rotatable bonds is 4. The molecular formula is C20H21F2N3O3. The molecule has 0 spiro atoms. The molecule has 0 radical (unpaired) electrons. The Morgan fingerprint density at radius 1 is 1.07 bits per heavy atom. The van der Waals surface area contributed by atoms with E-state index in [0.29, 0.717) is 50.6 Å². The van der Waals surface area contributed by atoms with E-state index in [-0.39, 0.29) is 0 Å². The van der Waals surface area contributed by atoms with Crippen LogP contribution in [-0.4, -0.2) is 54.5 Å². The summed E-state index contributed by atoms with van der Waals surface area (Å²) in [5.41, 5.74) is -0.153. The first kappa shape index (κ1) is 19.7. The molecule has 6 nitrogen and oxygen atoms in total. The maximum atomic E-state index is 13.9. The van der Waals surface area contributed by atoms with Crippen molar-refractivity contribution in [3.05, 3.63) is 59.3 Å². The molecule has 1 aromatic heterocycles. The number of halogens is 2. The molecule has 0 unspecified atom stereocenters. The second-order valence-corrected chi connectivity index (χ2v) is 6.36. The lowest BCUT2D eigenvalue weighted by atomic mass is 10.1. The standard InChI is InChI=1S/C20H21F2N3O3/c1-2-28-20(27)14-7-8-17(23-13-14)24-9-4-10-25(12-11-24)19(26)18-15(21)5-3-6-16(18)22/h3,5-8,13H,2,4,9-12H2,1H3. The van der Waals surface area contributed by atoms with Crippen molar-refractivity contribution >= 4 is 17.7 Å². The lowest BCUT2D eigenvalue weighted by Crippen LogP contribution is -2.36. The van der Waals surface area contributed by atoms with E-state index in [4.69, 9.17) is 4.74 Å². The number of carbonyl (C=O) groups excluding carboxylic acids is 2. The Bertz CT molecular complexity index is 838. The van der Waals surface area contributed by atoms with Crippen LogP contribution in [-0.2, 0) is 4.74 Å². The quantitative estimate of drug-likeness (QED) is 0.753. The number of hydrogen-bond donors (Lipinski definition) is 0. The summed E-state index contributed by atoms with van der Waals surface area (Å²) in [4.78, 5) is 32.0. The van der Waals surface area contributed by atoms with Gasteiger partial charge in [0.25, 0.3) is 5.91 Å². The number of aromatic nitrogens is 1. The van der Waals surface area contributed by atoms with Crippen LogP contribution in [0.2, 0.25) is 0 Å². The molecule has 148 valence electrons. The topological polar surface area (TPSA) is 62.7 Å². The van der Waals surface area contributed by atoms with Crippen molar-refractivity contribution in [3.8, 4) is 0 Å². The van der Waals surface area contributed by atoms with E-state index >= 15 is 0 Å². The van der Waals surface area contributed by atoms with E-state index in [1.165, 1.54) is 17.2 Å². The Morgan fingerprint density at radius 3 is 2.46 bits per heavy atom. The van der Waals surface area contributed by atoms with Crippen molar-refractivity contribution in [2.24, 2.45) is 0 Å². The minimum Gasteiger partial charge on any atom is -0.462 e. The second-order valence-electron chi connectivity index (χ2n) is 6.36. The molecule has 0 bridgehead atoms. The normalized spacial score (nSPS) is 14.5. The van der Waals surface area contributed by atoms with Gasteiger partial charge >= 0.3 is 5.97 Å². The highest BCUT2D eigenvalue weighted by Gasteiger charge is 2.25. The molecular weight excluding hydrogens is 368 g/mol. The minimum atomic E-state index is -0.859. The number of amides is 1. The van der Waals surface area contributed by atoms with Crippen molar-refractivity contribution in [3.63, 3.8) is 0 Å². The van der Waals surface area contributed by atoms with Crippen molar-refractivity contribution < 1.29 is 23.1 Å². The van der Waals surface area contributed by atoms with Crippen LogP contribution in [0.5, 0.6) is 0 Å². The highest BCUT2D eigenvalue weighted by atomic mass is 19.1. The fourth-order valence-electron chi connectivity index (χ4n) is 3.12. The Labute approximate surface area is 161 Å². The number of pyridine rings is 1. The number of anilines is 1. The summed E-state index contributed by atoms with van der Waals surface area (Å²) in [5, 5.41) is 0. The van der Waals surface area contributed by atoms with Crippen LogP contribution in [0.25, 0.3) is 0 Å². The third-order valence-corrected chi connectivity index (χ3v) is 4.54. The van der Waals surface area contributed by atoms with Gasteiger partial charge in [0.2, 0.25) is 0 Å². The fraction of sp³-hybridized carbons (Fsp3) is 0.350. The molecule has 1 amide bonds. The van der Waals surface area contributed by atoms with Gasteiger partial charge in [0.15, 0.2) is 0 Å². The van der Waals surface area contributed by atoms with Gasteiger partial charge in [-0.2, -0.15) is 0 Å². The molecule has 3 rings (SSSR count). The summed E-state index contributed by atoms with van der Waals surface area (Å²) in [6.45, 7) is 3.83. The van der Waals surface area contributed by atoms with Gasteiger partial charge in [0.1, 0.15) is 23.0 Å². The van der Waals surface area contributed by atoms with Gasteiger partial charge in [-0.05, 0) is 37.6 Å². The molecule has 1 fully saturated rings. The summed E-state index contributed by atoms with van der Waals surface area (Å²) in [6, 6.07) is 6.76. The van der Waals surface area contributed by atoms with E-state index in [9.17, 15) is 18.4 Å². The number of hydrogen-bond acceptors (Lipinski definition) is 5. The predicted molar refractivity (Wildman–Crippen MR) is 99.3 cm³/mol. The van der Waals surface area contributed by atoms with Gasteiger partial charge in [-0.15, -0.1) is 0 Å². The molecule has 1 aliphatic rings. The zero-order chi connectivity index (χ0) is 20.1. The summed E-state index contributed by atoms with van der Waals surface area (Å²) in [6.07, 6.45) is 2.08. The van der Waals surface area contributed by atoms with Crippen LogP contribution in [0, 0.1) is 11.6 Å². The molecule has 2 heterocycles. The Hall–Kier alpha value is -3.03. The van der Waals surface area contributed by atoms with Gasteiger partial charge in [-0.3, -0.25) is 4.79 Å². The van der Waals surface area contributed by atoms with Crippen LogP contribution in [0.4, 0.5) is 14.6 Å². The lowest BCUT2D eigenvalue weighted by molar-refractivity contribution is 0.0525. The van der Waals surface area contributed by atoms with Crippen molar-refractivity contribution in [2.45, 2.75) is 13.3 Å². The van der Waals surface area contributed by atoms with Crippen molar-refractivity contribution in [1.82, 2.24) is 9.88 Å². The van der Waals surface area contributed by atoms with Crippen molar-refractivity contribution in [2.75, 3.05) is 37.7 Å². The van der Waals surface area contributed by atoms with Crippen LogP contribution in [0.15, 0.2) is 36.5 Å². The van der Waals surface area contributed by atoms with E-state index < -0.39 is 29.1 Å². The highest BCUT2D eigenvalue weighted by molar-refractivity contribution is 5.94. The molecule has 0 N–H and O–H groups in total. The zero-order valence-electron chi connectivity index (χ0n) is 15.5. The zero-order valence-corrected chi connectivity index (χ0v) is 15.5. The Kier molecular flexibility index (Phi) is 6.18. The molecule has 0 saturated carbocycles. The summed E-state index contributed by atoms with van der Waals surface area (Å²) >= 11 is 0. The second kappa shape index (κ2) is 8.77. The molecule has 1 aromatic carbocycles. The smallest absolute Gasteiger partial charge is 0.339 e. The van der Waals surface area contributed by atoms with Crippen LogP contribution in [0.1, 0.15) is 34.1 Å². The molecule has 2 aromatic rings. The average Bonchev–Trinajstić information content (AvgIpc) is 2.94. The molecule has 1 aliphatic heterocycles. The Morgan fingerprint density at radius 2 is 1.82 bits per heavy atom. The minimum absolute atomic E-state index is 0.291. The van der Waals surface area contributed by atoms with E-state index in [0.717, 1.165) is 12.1 Å². The third kappa shape index (κ3) is 4.27. The summed E-state index contributed by atoms with van der Waals surface area (Å²) in [7, 11) is 0.